The van der Waals surface area contributed by atoms with Crippen molar-refractivity contribution in [1.82, 2.24) is 14.9 Å². The van der Waals surface area contributed by atoms with Crippen LogP contribution in [-0.2, 0) is 6.54 Å². The first-order valence-electron chi connectivity index (χ1n) is 5.99. The lowest BCUT2D eigenvalue weighted by Gasteiger charge is -2.15. The molecule has 17 heavy (non-hydrogen) atoms. The Labute approximate surface area is 102 Å². The van der Waals surface area contributed by atoms with E-state index in [0.717, 1.165) is 30.1 Å². The monoisotopic (exact) mass is 233 g/mol. The fraction of sp³-hybridized carbons (Fsp3) is 0.462. The Balaban J connectivity index is 2.31. The highest BCUT2D eigenvalue weighted by molar-refractivity contribution is 5.23. The fourth-order valence-corrected chi connectivity index (χ4v) is 2.07. The minimum absolute atomic E-state index is 0.0917. The Morgan fingerprint density at radius 2 is 2.35 bits per heavy atom. The van der Waals surface area contributed by atoms with Crippen LogP contribution in [0.25, 0.3) is 0 Å². The van der Waals surface area contributed by atoms with Crippen molar-refractivity contribution in [3.05, 3.63) is 41.9 Å². The largest absolute Gasteiger partial charge is 0.469 e. The van der Waals surface area contributed by atoms with Crippen LogP contribution < -0.4 is 5.32 Å². The SMILES string of the molecule is CCCn1ccnc1C(NC)c1coc(C)c1. The number of furan rings is 1. The van der Waals surface area contributed by atoms with E-state index in [1.54, 1.807) is 6.26 Å². The quantitative estimate of drug-likeness (QED) is 0.862. The number of imidazole rings is 1. The van der Waals surface area contributed by atoms with Gasteiger partial charge in [0, 0.05) is 24.5 Å². The number of nitrogens with zero attached hydrogens (tertiary/aromatic N) is 2. The molecule has 0 saturated heterocycles. The van der Waals surface area contributed by atoms with Crippen molar-refractivity contribution in [3.63, 3.8) is 0 Å². The molecule has 0 aromatic carbocycles. The first-order valence-corrected chi connectivity index (χ1v) is 5.99. The standard InChI is InChI=1S/C13H19N3O/c1-4-6-16-7-5-15-13(16)12(14-3)11-8-10(2)17-9-11/h5,7-9,12,14H,4,6H2,1-3H3. The number of nitrogens with one attached hydrogen (secondary N) is 1. The molecule has 0 aliphatic heterocycles. The zero-order valence-electron chi connectivity index (χ0n) is 10.6. The molecule has 4 heteroatoms. The lowest BCUT2D eigenvalue weighted by molar-refractivity contribution is 0.521. The molecule has 4 nitrogen and oxygen atoms in total. The highest BCUT2D eigenvalue weighted by Crippen LogP contribution is 2.22. The lowest BCUT2D eigenvalue weighted by atomic mass is 10.1. The normalized spacial score (nSPS) is 12.9. The van der Waals surface area contributed by atoms with E-state index in [9.17, 15) is 0 Å². The summed E-state index contributed by atoms with van der Waals surface area (Å²) in [6.07, 6.45) is 6.77. The van der Waals surface area contributed by atoms with Crippen molar-refractivity contribution in [2.45, 2.75) is 32.9 Å². The van der Waals surface area contributed by atoms with Crippen LogP contribution in [0.15, 0.2) is 29.1 Å². The smallest absolute Gasteiger partial charge is 0.130 e. The van der Waals surface area contributed by atoms with E-state index in [-0.39, 0.29) is 6.04 Å². The van der Waals surface area contributed by atoms with Gasteiger partial charge in [-0.3, -0.25) is 0 Å². The Morgan fingerprint density at radius 1 is 1.53 bits per heavy atom. The maximum Gasteiger partial charge on any atom is 0.130 e. The van der Waals surface area contributed by atoms with Gasteiger partial charge >= 0.3 is 0 Å². The van der Waals surface area contributed by atoms with Crippen LogP contribution >= 0.6 is 0 Å². The molecule has 0 radical (unpaired) electrons. The lowest BCUT2D eigenvalue weighted by Crippen LogP contribution is -2.21. The fourth-order valence-electron chi connectivity index (χ4n) is 2.07. The molecule has 0 aliphatic rings. The van der Waals surface area contributed by atoms with Crippen LogP contribution in [0.4, 0.5) is 0 Å². The Kier molecular flexibility index (Phi) is 3.64. The van der Waals surface area contributed by atoms with Gasteiger partial charge in [0.05, 0.1) is 12.3 Å². The van der Waals surface area contributed by atoms with Crippen molar-refractivity contribution >= 4 is 0 Å². The summed E-state index contributed by atoms with van der Waals surface area (Å²) in [4.78, 5) is 4.45. The summed E-state index contributed by atoms with van der Waals surface area (Å²) < 4.78 is 7.55. The second-order valence-electron chi connectivity index (χ2n) is 4.19. The van der Waals surface area contributed by atoms with Crippen LogP contribution in [0.5, 0.6) is 0 Å². The van der Waals surface area contributed by atoms with E-state index in [2.05, 4.69) is 21.8 Å². The van der Waals surface area contributed by atoms with Gasteiger partial charge in [-0.2, -0.15) is 0 Å². The van der Waals surface area contributed by atoms with Gasteiger partial charge in [0.15, 0.2) is 0 Å². The van der Waals surface area contributed by atoms with E-state index in [0.29, 0.717) is 0 Å². The summed E-state index contributed by atoms with van der Waals surface area (Å²) in [5.74, 6) is 1.96. The molecule has 2 rings (SSSR count). The van der Waals surface area contributed by atoms with E-state index in [4.69, 9.17) is 4.42 Å². The van der Waals surface area contributed by atoms with Crippen molar-refractivity contribution in [2.24, 2.45) is 0 Å². The number of rotatable bonds is 5. The van der Waals surface area contributed by atoms with Gasteiger partial charge in [0.1, 0.15) is 11.6 Å². The van der Waals surface area contributed by atoms with Gasteiger partial charge < -0.3 is 14.3 Å². The van der Waals surface area contributed by atoms with Crippen molar-refractivity contribution in [2.75, 3.05) is 7.05 Å². The Hall–Kier alpha value is -1.55. The van der Waals surface area contributed by atoms with Gasteiger partial charge in [-0.1, -0.05) is 6.92 Å². The van der Waals surface area contributed by atoms with E-state index in [1.165, 1.54) is 0 Å². The van der Waals surface area contributed by atoms with Gasteiger partial charge in [0.25, 0.3) is 0 Å². The molecule has 0 bridgehead atoms. The molecule has 1 N–H and O–H groups in total. The van der Waals surface area contributed by atoms with Gasteiger partial charge in [-0.05, 0) is 26.5 Å². The van der Waals surface area contributed by atoms with Crippen LogP contribution in [0.1, 0.15) is 36.5 Å². The van der Waals surface area contributed by atoms with Crippen LogP contribution in [0.3, 0.4) is 0 Å². The number of aryl methyl sites for hydroxylation is 2. The van der Waals surface area contributed by atoms with Gasteiger partial charge in [-0.25, -0.2) is 4.98 Å². The second-order valence-corrected chi connectivity index (χ2v) is 4.19. The van der Waals surface area contributed by atoms with Crippen molar-refractivity contribution in [3.8, 4) is 0 Å². The summed E-state index contributed by atoms with van der Waals surface area (Å²) >= 11 is 0. The van der Waals surface area contributed by atoms with Crippen LogP contribution in [-0.4, -0.2) is 16.6 Å². The zero-order valence-corrected chi connectivity index (χ0v) is 10.6. The van der Waals surface area contributed by atoms with Crippen LogP contribution in [0, 0.1) is 6.92 Å². The average Bonchev–Trinajstić information content (AvgIpc) is 2.91. The van der Waals surface area contributed by atoms with Crippen molar-refractivity contribution in [1.29, 1.82) is 0 Å². The molecule has 92 valence electrons. The molecule has 2 aromatic heterocycles. The first-order chi connectivity index (χ1) is 8.26. The third-order valence-corrected chi connectivity index (χ3v) is 2.84. The molecular formula is C13H19N3O. The average molecular weight is 233 g/mol. The number of hydrogen-bond donors (Lipinski definition) is 1. The van der Waals surface area contributed by atoms with Gasteiger partial charge in [-0.15, -0.1) is 0 Å². The summed E-state index contributed by atoms with van der Waals surface area (Å²) in [5.41, 5.74) is 1.12. The molecule has 0 aliphatic carbocycles. The predicted octanol–water partition coefficient (Wildman–Crippen LogP) is 2.50. The summed E-state index contributed by atoms with van der Waals surface area (Å²) in [6, 6.07) is 2.14. The van der Waals surface area contributed by atoms with Gasteiger partial charge in [0.2, 0.25) is 0 Å². The topological polar surface area (TPSA) is 43.0 Å². The predicted molar refractivity (Wildman–Crippen MR) is 66.9 cm³/mol. The molecule has 0 spiro atoms. The Bertz CT molecular complexity index is 472. The number of hydrogen-bond acceptors (Lipinski definition) is 3. The highest BCUT2D eigenvalue weighted by atomic mass is 16.3. The van der Waals surface area contributed by atoms with E-state index in [1.807, 2.05) is 32.4 Å². The summed E-state index contributed by atoms with van der Waals surface area (Å²) in [7, 11) is 1.94. The third-order valence-electron chi connectivity index (χ3n) is 2.84. The van der Waals surface area contributed by atoms with E-state index < -0.39 is 0 Å². The summed E-state index contributed by atoms with van der Waals surface area (Å²) in [5, 5.41) is 3.29. The molecule has 0 fully saturated rings. The molecule has 0 amide bonds. The Morgan fingerprint density at radius 3 is 2.94 bits per heavy atom. The zero-order chi connectivity index (χ0) is 12.3. The maximum atomic E-state index is 5.37. The second kappa shape index (κ2) is 5.19. The maximum absolute atomic E-state index is 5.37. The third kappa shape index (κ3) is 2.42. The molecule has 2 aromatic rings. The van der Waals surface area contributed by atoms with E-state index >= 15 is 0 Å². The highest BCUT2D eigenvalue weighted by Gasteiger charge is 2.18. The van der Waals surface area contributed by atoms with Crippen LogP contribution in [0.2, 0.25) is 0 Å². The molecule has 2 heterocycles. The molecular weight excluding hydrogens is 214 g/mol. The first kappa shape index (κ1) is 11.9. The molecule has 1 atom stereocenters. The number of aromatic nitrogens is 2. The molecule has 0 saturated carbocycles. The summed E-state index contributed by atoms with van der Waals surface area (Å²) in [6.45, 7) is 5.11. The minimum atomic E-state index is 0.0917. The minimum Gasteiger partial charge on any atom is -0.469 e. The van der Waals surface area contributed by atoms with Crippen molar-refractivity contribution < 1.29 is 4.42 Å². The molecule has 1 unspecified atom stereocenters.